The van der Waals surface area contributed by atoms with Crippen LogP contribution in [0.15, 0.2) is 35.3 Å². The molecule has 0 spiro atoms. The molecule has 0 atom stereocenters. The van der Waals surface area contributed by atoms with E-state index in [9.17, 15) is 0 Å². The van der Waals surface area contributed by atoms with Gasteiger partial charge in [0.2, 0.25) is 0 Å². The average Bonchev–Trinajstić information content (AvgIpc) is 2.17. The summed E-state index contributed by atoms with van der Waals surface area (Å²) in [7, 11) is 0. The summed E-state index contributed by atoms with van der Waals surface area (Å²) in [4.78, 5) is 4.23. The summed E-state index contributed by atoms with van der Waals surface area (Å²) in [5, 5.41) is 0. The van der Waals surface area contributed by atoms with Crippen LogP contribution < -0.4 is 5.73 Å². The Morgan fingerprint density at radius 3 is 2.62 bits per heavy atom. The SMILES string of the molecule is NC(CCS)=NCc1ccccc1. The number of hydrogen-bond acceptors (Lipinski definition) is 2. The lowest BCUT2D eigenvalue weighted by Gasteiger charge is -1.98. The first-order valence-electron chi connectivity index (χ1n) is 4.26. The van der Waals surface area contributed by atoms with Crippen LogP contribution in [-0.4, -0.2) is 11.6 Å². The molecule has 0 radical (unpaired) electrons. The minimum absolute atomic E-state index is 0.667. The largest absolute Gasteiger partial charge is 0.387 e. The Hall–Kier alpha value is -0.960. The zero-order valence-corrected chi connectivity index (χ0v) is 8.37. The van der Waals surface area contributed by atoms with Gasteiger partial charge in [0.1, 0.15) is 0 Å². The fourth-order valence-electron chi connectivity index (χ4n) is 0.970. The van der Waals surface area contributed by atoms with E-state index in [4.69, 9.17) is 5.73 Å². The van der Waals surface area contributed by atoms with E-state index >= 15 is 0 Å². The van der Waals surface area contributed by atoms with Gasteiger partial charge in [-0.2, -0.15) is 12.6 Å². The van der Waals surface area contributed by atoms with E-state index in [1.54, 1.807) is 0 Å². The van der Waals surface area contributed by atoms with Crippen molar-refractivity contribution in [2.75, 3.05) is 5.75 Å². The Morgan fingerprint density at radius 1 is 1.31 bits per heavy atom. The van der Waals surface area contributed by atoms with Gasteiger partial charge in [0.15, 0.2) is 0 Å². The van der Waals surface area contributed by atoms with E-state index in [0.29, 0.717) is 12.4 Å². The summed E-state index contributed by atoms with van der Waals surface area (Å²) in [5.41, 5.74) is 6.82. The minimum atomic E-state index is 0.667. The molecule has 2 nitrogen and oxygen atoms in total. The molecular formula is C10H14N2S. The quantitative estimate of drug-likeness (QED) is 0.428. The van der Waals surface area contributed by atoms with Gasteiger partial charge in [-0.15, -0.1) is 0 Å². The maximum atomic E-state index is 5.63. The highest BCUT2D eigenvalue weighted by Gasteiger charge is 1.91. The Balaban J connectivity index is 2.47. The molecule has 13 heavy (non-hydrogen) atoms. The molecular weight excluding hydrogens is 180 g/mol. The molecule has 0 amide bonds. The van der Waals surface area contributed by atoms with Crippen molar-refractivity contribution in [1.82, 2.24) is 0 Å². The number of nitrogens with zero attached hydrogens (tertiary/aromatic N) is 1. The molecule has 1 rings (SSSR count). The van der Waals surface area contributed by atoms with Crippen LogP contribution in [0.4, 0.5) is 0 Å². The lowest BCUT2D eigenvalue weighted by Crippen LogP contribution is -2.12. The Kier molecular flexibility index (Phi) is 4.40. The standard InChI is InChI=1S/C10H14N2S/c11-10(6-7-13)12-8-9-4-2-1-3-5-9/h1-5,13H,6-8H2,(H2,11,12). The van der Waals surface area contributed by atoms with Crippen LogP contribution in [0, 0.1) is 0 Å². The van der Waals surface area contributed by atoms with Crippen molar-refractivity contribution in [2.24, 2.45) is 10.7 Å². The van der Waals surface area contributed by atoms with E-state index in [1.807, 2.05) is 30.3 Å². The highest BCUT2D eigenvalue weighted by atomic mass is 32.1. The minimum Gasteiger partial charge on any atom is -0.387 e. The van der Waals surface area contributed by atoms with Crippen molar-refractivity contribution in [2.45, 2.75) is 13.0 Å². The fourth-order valence-corrected chi connectivity index (χ4v) is 1.20. The molecule has 3 heteroatoms. The van der Waals surface area contributed by atoms with Gasteiger partial charge in [-0.05, 0) is 11.3 Å². The molecule has 0 aliphatic rings. The molecule has 1 aromatic rings. The molecule has 0 saturated heterocycles. The van der Waals surface area contributed by atoms with Crippen LogP contribution in [-0.2, 0) is 6.54 Å². The lowest BCUT2D eigenvalue weighted by atomic mass is 10.2. The number of aliphatic imine (C=N–C) groups is 1. The summed E-state index contributed by atoms with van der Waals surface area (Å²) < 4.78 is 0. The maximum Gasteiger partial charge on any atom is 0.0949 e. The predicted octanol–water partition coefficient (Wildman–Crippen LogP) is 1.86. The molecule has 1 aromatic carbocycles. The molecule has 0 unspecified atom stereocenters. The van der Waals surface area contributed by atoms with Crippen LogP contribution in [0.2, 0.25) is 0 Å². The summed E-state index contributed by atoms with van der Waals surface area (Å²) in [6.07, 6.45) is 0.760. The Morgan fingerprint density at radius 2 is 2.00 bits per heavy atom. The van der Waals surface area contributed by atoms with Crippen molar-refractivity contribution < 1.29 is 0 Å². The van der Waals surface area contributed by atoms with E-state index in [-0.39, 0.29) is 0 Å². The van der Waals surface area contributed by atoms with Crippen molar-refractivity contribution in [3.05, 3.63) is 35.9 Å². The molecule has 0 aliphatic heterocycles. The van der Waals surface area contributed by atoms with Crippen LogP contribution in [0.5, 0.6) is 0 Å². The number of benzene rings is 1. The second kappa shape index (κ2) is 5.65. The zero-order chi connectivity index (χ0) is 9.52. The number of hydrogen-bond donors (Lipinski definition) is 2. The van der Waals surface area contributed by atoms with Gasteiger partial charge in [0.25, 0.3) is 0 Å². The van der Waals surface area contributed by atoms with Crippen molar-refractivity contribution in [3.63, 3.8) is 0 Å². The van der Waals surface area contributed by atoms with Crippen molar-refractivity contribution >= 4 is 18.5 Å². The predicted molar refractivity (Wildman–Crippen MR) is 60.2 cm³/mol. The van der Waals surface area contributed by atoms with E-state index in [2.05, 4.69) is 17.6 Å². The lowest BCUT2D eigenvalue weighted by molar-refractivity contribution is 1.04. The van der Waals surface area contributed by atoms with Gasteiger partial charge >= 0.3 is 0 Å². The van der Waals surface area contributed by atoms with Crippen molar-refractivity contribution in [1.29, 1.82) is 0 Å². The summed E-state index contributed by atoms with van der Waals surface area (Å²) in [5.74, 6) is 1.43. The number of rotatable bonds is 4. The highest BCUT2D eigenvalue weighted by Crippen LogP contribution is 2.00. The second-order valence-corrected chi connectivity index (χ2v) is 3.21. The van der Waals surface area contributed by atoms with Gasteiger partial charge in [-0.1, -0.05) is 30.3 Å². The topological polar surface area (TPSA) is 38.4 Å². The first-order valence-corrected chi connectivity index (χ1v) is 4.89. The van der Waals surface area contributed by atoms with Crippen LogP contribution >= 0.6 is 12.6 Å². The molecule has 0 bridgehead atoms. The summed E-state index contributed by atoms with van der Waals surface area (Å²) in [6, 6.07) is 10.1. The molecule has 0 fully saturated rings. The number of amidine groups is 1. The third kappa shape index (κ3) is 3.99. The van der Waals surface area contributed by atoms with Gasteiger partial charge in [-0.3, -0.25) is 4.99 Å². The maximum absolute atomic E-state index is 5.63. The van der Waals surface area contributed by atoms with Crippen LogP contribution in [0.1, 0.15) is 12.0 Å². The zero-order valence-electron chi connectivity index (χ0n) is 7.48. The Labute approximate surface area is 84.3 Å². The summed E-state index contributed by atoms with van der Waals surface area (Å²) >= 11 is 4.08. The number of thiol groups is 1. The second-order valence-electron chi connectivity index (χ2n) is 2.77. The van der Waals surface area contributed by atoms with Gasteiger partial charge in [0.05, 0.1) is 12.4 Å². The van der Waals surface area contributed by atoms with Gasteiger partial charge < -0.3 is 5.73 Å². The number of nitrogens with two attached hydrogens (primary N) is 1. The normalized spacial score (nSPS) is 11.6. The van der Waals surface area contributed by atoms with Crippen LogP contribution in [0.25, 0.3) is 0 Å². The smallest absolute Gasteiger partial charge is 0.0949 e. The molecule has 70 valence electrons. The molecule has 0 heterocycles. The van der Waals surface area contributed by atoms with E-state index in [1.165, 1.54) is 5.56 Å². The van der Waals surface area contributed by atoms with Crippen LogP contribution in [0.3, 0.4) is 0 Å². The molecule has 0 aliphatic carbocycles. The van der Waals surface area contributed by atoms with E-state index in [0.717, 1.165) is 12.2 Å². The molecule has 2 N–H and O–H groups in total. The monoisotopic (exact) mass is 194 g/mol. The van der Waals surface area contributed by atoms with E-state index < -0.39 is 0 Å². The molecule has 0 aromatic heterocycles. The van der Waals surface area contributed by atoms with Gasteiger partial charge in [0, 0.05) is 6.42 Å². The average molecular weight is 194 g/mol. The van der Waals surface area contributed by atoms with Crippen molar-refractivity contribution in [3.8, 4) is 0 Å². The Bertz CT molecular complexity index is 270. The highest BCUT2D eigenvalue weighted by molar-refractivity contribution is 7.80. The first kappa shape index (κ1) is 10.1. The summed E-state index contributed by atoms with van der Waals surface area (Å²) in [6.45, 7) is 0.667. The first-order chi connectivity index (χ1) is 6.33. The third-order valence-corrected chi connectivity index (χ3v) is 1.90. The van der Waals surface area contributed by atoms with Gasteiger partial charge in [-0.25, -0.2) is 0 Å². The molecule has 0 saturated carbocycles. The fraction of sp³-hybridized carbons (Fsp3) is 0.300. The third-order valence-electron chi connectivity index (χ3n) is 1.68.